The Hall–Kier alpha value is -1.65. The normalized spacial score (nSPS) is 21.6. The zero-order valence-corrected chi connectivity index (χ0v) is 13.0. The van der Waals surface area contributed by atoms with Gasteiger partial charge in [-0.2, -0.15) is 0 Å². The van der Waals surface area contributed by atoms with Crippen LogP contribution in [0.5, 0.6) is 0 Å². The molecule has 1 aromatic rings. The molecule has 1 N–H and O–H groups in total. The SMILES string of the molecule is C=CC[C@@]1(CO)CCCN(C(=O)COCc2ccccc2)C1. The van der Waals surface area contributed by atoms with Gasteiger partial charge in [-0.3, -0.25) is 4.79 Å². The molecule has 0 aromatic heterocycles. The van der Waals surface area contributed by atoms with Gasteiger partial charge in [-0.1, -0.05) is 36.4 Å². The number of carbonyl (C=O) groups excluding carboxylic acids is 1. The first-order chi connectivity index (χ1) is 10.7. The van der Waals surface area contributed by atoms with Gasteiger partial charge in [0.25, 0.3) is 0 Å². The van der Waals surface area contributed by atoms with Crippen molar-refractivity contribution in [1.82, 2.24) is 4.90 Å². The van der Waals surface area contributed by atoms with Gasteiger partial charge in [0.2, 0.25) is 5.91 Å². The number of hydrogen-bond acceptors (Lipinski definition) is 3. The third kappa shape index (κ3) is 4.42. The number of nitrogens with zero attached hydrogens (tertiary/aromatic N) is 1. The molecule has 1 amide bonds. The average Bonchev–Trinajstić information content (AvgIpc) is 2.56. The van der Waals surface area contributed by atoms with Crippen LogP contribution >= 0.6 is 0 Å². The Kier molecular flexibility index (Phi) is 6.16. The Morgan fingerprint density at radius 2 is 2.18 bits per heavy atom. The smallest absolute Gasteiger partial charge is 0.248 e. The molecule has 1 aliphatic heterocycles. The summed E-state index contributed by atoms with van der Waals surface area (Å²) in [6.07, 6.45) is 4.41. The van der Waals surface area contributed by atoms with Crippen LogP contribution in [0.1, 0.15) is 24.8 Å². The van der Waals surface area contributed by atoms with Crippen molar-refractivity contribution in [1.29, 1.82) is 0 Å². The van der Waals surface area contributed by atoms with Gasteiger partial charge in [-0.05, 0) is 24.8 Å². The van der Waals surface area contributed by atoms with Gasteiger partial charge in [-0.15, -0.1) is 6.58 Å². The minimum absolute atomic E-state index is 0.00230. The summed E-state index contributed by atoms with van der Waals surface area (Å²) >= 11 is 0. The lowest BCUT2D eigenvalue weighted by Crippen LogP contribution is -2.48. The van der Waals surface area contributed by atoms with E-state index in [9.17, 15) is 9.90 Å². The zero-order valence-electron chi connectivity index (χ0n) is 13.0. The maximum absolute atomic E-state index is 12.3. The molecule has 1 atom stereocenters. The summed E-state index contributed by atoms with van der Waals surface area (Å²) in [6, 6.07) is 9.82. The highest BCUT2D eigenvalue weighted by atomic mass is 16.5. The second kappa shape index (κ2) is 8.11. The number of benzene rings is 1. The van der Waals surface area contributed by atoms with Crippen molar-refractivity contribution in [3.63, 3.8) is 0 Å². The van der Waals surface area contributed by atoms with Gasteiger partial charge < -0.3 is 14.7 Å². The first-order valence-electron chi connectivity index (χ1n) is 7.80. The summed E-state index contributed by atoms with van der Waals surface area (Å²) < 4.78 is 5.52. The fourth-order valence-corrected chi connectivity index (χ4v) is 3.01. The van der Waals surface area contributed by atoms with E-state index < -0.39 is 0 Å². The molecule has 1 fully saturated rings. The van der Waals surface area contributed by atoms with E-state index >= 15 is 0 Å². The number of piperidine rings is 1. The van der Waals surface area contributed by atoms with E-state index in [-0.39, 0.29) is 24.5 Å². The zero-order chi connectivity index (χ0) is 15.8. The third-order valence-corrected chi connectivity index (χ3v) is 4.26. The number of aliphatic hydroxyl groups is 1. The number of hydrogen-bond donors (Lipinski definition) is 1. The molecule has 4 heteroatoms. The summed E-state index contributed by atoms with van der Waals surface area (Å²) in [5, 5.41) is 9.68. The Balaban J connectivity index is 1.82. The standard InChI is InChI=1S/C18H25NO3/c1-2-9-18(15-20)10-6-11-19(14-18)17(21)13-22-12-16-7-4-3-5-8-16/h2-5,7-8,20H,1,6,9-15H2/t18-/m1/s1. The number of amides is 1. The highest BCUT2D eigenvalue weighted by molar-refractivity contribution is 5.77. The van der Waals surface area contributed by atoms with Crippen LogP contribution < -0.4 is 0 Å². The monoisotopic (exact) mass is 303 g/mol. The Labute approximate surface area is 132 Å². The van der Waals surface area contributed by atoms with Gasteiger partial charge in [-0.25, -0.2) is 0 Å². The van der Waals surface area contributed by atoms with E-state index in [1.54, 1.807) is 0 Å². The van der Waals surface area contributed by atoms with Gasteiger partial charge >= 0.3 is 0 Å². The molecule has 0 unspecified atom stereocenters. The first-order valence-corrected chi connectivity index (χ1v) is 7.80. The predicted octanol–water partition coefficient (Wildman–Crippen LogP) is 2.38. The van der Waals surface area contributed by atoms with Crippen molar-refractivity contribution in [2.75, 3.05) is 26.3 Å². The van der Waals surface area contributed by atoms with Crippen LogP contribution in [-0.4, -0.2) is 42.2 Å². The van der Waals surface area contributed by atoms with Gasteiger partial charge in [0.05, 0.1) is 13.2 Å². The second-order valence-corrected chi connectivity index (χ2v) is 6.05. The number of aliphatic hydroxyl groups excluding tert-OH is 1. The maximum atomic E-state index is 12.3. The minimum Gasteiger partial charge on any atom is -0.396 e. The van der Waals surface area contributed by atoms with Crippen LogP contribution in [0.4, 0.5) is 0 Å². The molecule has 0 spiro atoms. The first kappa shape index (κ1) is 16.7. The molecule has 22 heavy (non-hydrogen) atoms. The molecule has 120 valence electrons. The lowest BCUT2D eigenvalue weighted by Gasteiger charge is -2.41. The van der Waals surface area contributed by atoms with Crippen molar-refractivity contribution in [2.45, 2.75) is 25.9 Å². The fourth-order valence-electron chi connectivity index (χ4n) is 3.01. The Morgan fingerprint density at radius 3 is 2.86 bits per heavy atom. The molecule has 1 saturated heterocycles. The second-order valence-electron chi connectivity index (χ2n) is 6.05. The van der Waals surface area contributed by atoms with E-state index in [1.165, 1.54) is 0 Å². The number of carbonyl (C=O) groups is 1. The largest absolute Gasteiger partial charge is 0.396 e. The van der Waals surface area contributed by atoms with Crippen LogP contribution in [0.25, 0.3) is 0 Å². The van der Waals surface area contributed by atoms with Crippen molar-refractivity contribution in [3.8, 4) is 0 Å². The summed E-state index contributed by atoms with van der Waals surface area (Å²) in [6.45, 7) is 5.71. The van der Waals surface area contributed by atoms with Crippen molar-refractivity contribution in [3.05, 3.63) is 48.6 Å². The van der Waals surface area contributed by atoms with Crippen molar-refractivity contribution < 1.29 is 14.6 Å². The lowest BCUT2D eigenvalue weighted by molar-refractivity contribution is -0.140. The summed E-state index contributed by atoms with van der Waals surface area (Å²) in [5.74, 6) is -0.00230. The molecule has 0 saturated carbocycles. The summed E-state index contributed by atoms with van der Waals surface area (Å²) in [5.41, 5.74) is 0.833. The predicted molar refractivity (Wildman–Crippen MR) is 86.2 cm³/mol. The van der Waals surface area contributed by atoms with Crippen LogP contribution in [0.15, 0.2) is 43.0 Å². The van der Waals surface area contributed by atoms with Crippen LogP contribution in [0, 0.1) is 5.41 Å². The fraction of sp³-hybridized carbons (Fsp3) is 0.500. The summed E-state index contributed by atoms with van der Waals surface area (Å²) in [4.78, 5) is 14.1. The topological polar surface area (TPSA) is 49.8 Å². The number of allylic oxidation sites excluding steroid dienone is 1. The molecule has 0 bridgehead atoms. The number of ether oxygens (including phenoxy) is 1. The molecule has 1 aromatic carbocycles. The van der Waals surface area contributed by atoms with E-state index in [0.717, 1.165) is 31.4 Å². The highest BCUT2D eigenvalue weighted by Gasteiger charge is 2.35. The van der Waals surface area contributed by atoms with E-state index in [1.807, 2.05) is 41.3 Å². The highest BCUT2D eigenvalue weighted by Crippen LogP contribution is 2.33. The minimum atomic E-state index is -0.227. The van der Waals surface area contributed by atoms with E-state index in [0.29, 0.717) is 13.2 Å². The maximum Gasteiger partial charge on any atom is 0.248 e. The van der Waals surface area contributed by atoms with E-state index in [2.05, 4.69) is 6.58 Å². The molecule has 0 aliphatic carbocycles. The molecule has 1 heterocycles. The van der Waals surface area contributed by atoms with Crippen LogP contribution in [0.3, 0.4) is 0 Å². The van der Waals surface area contributed by atoms with E-state index in [4.69, 9.17) is 4.74 Å². The lowest BCUT2D eigenvalue weighted by atomic mass is 9.78. The van der Waals surface area contributed by atoms with Crippen LogP contribution in [-0.2, 0) is 16.1 Å². The summed E-state index contributed by atoms with van der Waals surface area (Å²) in [7, 11) is 0. The Morgan fingerprint density at radius 1 is 1.41 bits per heavy atom. The number of likely N-dealkylation sites (tertiary alicyclic amines) is 1. The van der Waals surface area contributed by atoms with Crippen molar-refractivity contribution in [2.24, 2.45) is 5.41 Å². The van der Waals surface area contributed by atoms with Gasteiger partial charge in [0.15, 0.2) is 0 Å². The Bertz CT molecular complexity index is 488. The molecule has 4 nitrogen and oxygen atoms in total. The third-order valence-electron chi connectivity index (χ3n) is 4.26. The molecular weight excluding hydrogens is 278 g/mol. The van der Waals surface area contributed by atoms with Gasteiger partial charge in [0, 0.05) is 18.5 Å². The molecule has 0 radical (unpaired) electrons. The quantitative estimate of drug-likeness (QED) is 0.787. The van der Waals surface area contributed by atoms with Crippen molar-refractivity contribution >= 4 is 5.91 Å². The molecular formula is C18H25NO3. The van der Waals surface area contributed by atoms with Crippen LogP contribution in [0.2, 0.25) is 0 Å². The number of rotatable bonds is 7. The molecule has 1 aliphatic rings. The average molecular weight is 303 g/mol. The van der Waals surface area contributed by atoms with Gasteiger partial charge in [0.1, 0.15) is 6.61 Å². The molecule has 2 rings (SSSR count).